The molecular weight excluding hydrogens is 338 g/mol. The number of methoxy groups -OCH3 is 1. The number of halogens is 1. The topological polar surface area (TPSA) is 88.1 Å². The number of ether oxygens (including phenoxy) is 1. The van der Waals surface area contributed by atoms with E-state index in [0.29, 0.717) is 22.4 Å². The molecule has 1 aromatic carbocycles. The third-order valence-electron chi connectivity index (χ3n) is 2.96. The lowest BCUT2D eigenvalue weighted by Gasteiger charge is -2.06. The lowest BCUT2D eigenvalue weighted by molar-refractivity contribution is 0.359. The zero-order valence-electron chi connectivity index (χ0n) is 10.9. The van der Waals surface area contributed by atoms with Crippen LogP contribution in [0.25, 0.3) is 22.4 Å². The minimum Gasteiger partial charge on any atom is -0.503 e. The number of hydrogen-bond donors (Lipinski definition) is 2. The first-order valence-corrected chi connectivity index (χ1v) is 6.82. The average Bonchev–Trinajstić information content (AvgIpc) is 2.48. The van der Waals surface area contributed by atoms with E-state index in [1.54, 1.807) is 18.2 Å². The van der Waals surface area contributed by atoms with Gasteiger partial charge in [-0.05, 0) is 40.2 Å². The van der Waals surface area contributed by atoms with Crippen LogP contribution in [-0.2, 0) is 0 Å². The summed E-state index contributed by atoms with van der Waals surface area (Å²) >= 11 is 3.38. The fraction of sp³-hybridized carbons (Fsp3) is 0.0714. The number of aromatic amines is 1. The van der Waals surface area contributed by atoms with Gasteiger partial charge in [-0.1, -0.05) is 6.07 Å². The Labute approximate surface area is 127 Å². The van der Waals surface area contributed by atoms with E-state index < -0.39 is 0 Å². The first kappa shape index (κ1) is 13.6. The van der Waals surface area contributed by atoms with E-state index >= 15 is 0 Å². The van der Waals surface area contributed by atoms with Crippen molar-refractivity contribution in [3.05, 3.63) is 45.2 Å². The molecule has 2 aromatic heterocycles. The van der Waals surface area contributed by atoms with Gasteiger partial charge in [-0.2, -0.15) is 0 Å². The van der Waals surface area contributed by atoms with Crippen molar-refractivity contribution in [2.75, 3.05) is 7.11 Å². The summed E-state index contributed by atoms with van der Waals surface area (Å²) in [6, 6.07) is 8.26. The SMILES string of the molecule is COc1nc(-c2nc3c(Br)cccc3c(=O)[nH]2)ccc1O. The van der Waals surface area contributed by atoms with Crippen LogP contribution >= 0.6 is 15.9 Å². The van der Waals surface area contributed by atoms with Gasteiger partial charge in [0.05, 0.1) is 18.0 Å². The van der Waals surface area contributed by atoms with Gasteiger partial charge < -0.3 is 14.8 Å². The summed E-state index contributed by atoms with van der Waals surface area (Å²) < 4.78 is 5.68. The van der Waals surface area contributed by atoms with Crippen molar-refractivity contribution in [1.82, 2.24) is 15.0 Å². The molecule has 0 aliphatic heterocycles. The average molecular weight is 348 g/mol. The van der Waals surface area contributed by atoms with Crippen molar-refractivity contribution in [3.8, 4) is 23.1 Å². The maximum absolute atomic E-state index is 12.1. The molecule has 0 aliphatic carbocycles. The maximum atomic E-state index is 12.1. The Bertz CT molecular complexity index is 892. The van der Waals surface area contributed by atoms with Crippen molar-refractivity contribution in [2.24, 2.45) is 0 Å². The van der Waals surface area contributed by atoms with E-state index in [9.17, 15) is 9.90 Å². The van der Waals surface area contributed by atoms with Crippen LogP contribution in [0.1, 0.15) is 0 Å². The minimum absolute atomic E-state index is 0.0716. The second-order valence-electron chi connectivity index (χ2n) is 4.28. The number of hydrogen-bond acceptors (Lipinski definition) is 5. The van der Waals surface area contributed by atoms with Gasteiger partial charge in [0.25, 0.3) is 11.4 Å². The molecule has 2 heterocycles. The van der Waals surface area contributed by atoms with Crippen molar-refractivity contribution >= 4 is 26.8 Å². The van der Waals surface area contributed by atoms with E-state index in [2.05, 4.69) is 30.9 Å². The minimum atomic E-state index is -0.259. The Balaban J connectivity index is 2.26. The quantitative estimate of drug-likeness (QED) is 0.743. The summed E-state index contributed by atoms with van der Waals surface area (Å²) in [5.74, 6) is 0.297. The Kier molecular flexibility index (Phi) is 3.34. The monoisotopic (exact) mass is 347 g/mol. The molecule has 0 atom stereocenters. The highest BCUT2D eigenvalue weighted by atomic mass is 79.9. The summed E-state index contributed by atoms with van der Waals surface area (Å²) in [6.45, 7) is 0. The molecule has 0 bridgehead atoms. The number of nitrogens with zero attached hydrogens (tertiary/aromatic N) is 2. The summed E-state index contributed by atoms with van der Waals surface area (Å²) in [4.78, 5) is 23.3. The van der Waals surface area contributed by atoms with E-state index in [4.69, 9.17) is 4.74 Å². The third kappa shape index (κ3) is 2.36. The fourth-order valence-electron chi connectivity index (χ4n) is 1.96. The number of pyridine rings is 1. The second kappa shape index (κ2) is 5.17. The molecule has 106 valence electrons. The highest BCUT2D eigenvalue weighted by molar-refractivity contribution is 9.10. The van der Waals surface area contributed by atoms with E-state index in [1.165, 1.54) is 13.2 Å². The largest absolute Gasteiger partial charge is 0.503 e. The third-order valence-corrected chi connectivity index (χ3v) is 3.60. The predicted octanol–water partition coefficient (Wildman–Crippen LogP) is 2.46. The molecule has 0 saturated heterocycles. The van der Waals surface area contributed by atoms with Crippen LogP contribution in [0.4, 0.5) is 0 Å². The molecule has 0 aliphatic rings. The number of fused-ring (bicyclic) bond motifs is 1. The number of para-hydroxylation sites is 1. The molecule has 7 heteroatoms. The molecule has 0 radical (unpaired) electrons. The molecule has 0 fully saturated rings. The van der Waals surface area contributed by atoms with Gasteiger partial charge >= 0.3 is 0 Å². The van der Waals surface area contributed by atoms with E-state index in [1.807, 2.05) is 6.07 Å². The summed E-state index contributed by atoms with van der Waals surface area (Å²) in [7, 11) is 1.40. The molecule has 0 spiro atoms. The lowest BCUT2D eigenvalue weighted by atomic mass is 10.2. The van der Waals surface area contributed by atoms with Crippen LogP contribution in [0.15, 0.2) is 39.6 Å². The Morgan fingerprint density at radius 1 is 1.24 bits per heavy atom. The van der Waals surface area contributed by atoms with Gasteiger partial charge in [0.15, 0.2) is 11.6 Å². The fourth-order valence-corrected chi connectivity index (χ4v) is 2.42. The Hall–Kier alpha value is -2.41. The number of nitrogens with one attached hydrogen (secondary N) is 1. The number of rotatable bonds is 2. The summed E-state index contributed by atoms with van der Waals surface area (Å²) in [5.41, 5.74) is 0.689. The summed E-state index contributed by atoms with van der Waals surface area (Å²) in [5, 5.41) is 10.1. The number of benzene rings is 1. The lowest BCUT2D eigenvalue weighted by Crippen LogP contribution is -2.10. The molecular formula is C14H10BrN3O3. The van der Waals surface area contributed by atoms with Gasteiger partial charge in [-0.3, -0.25) is 4.79 Å². The molecule has 21 heavy (non-hydrogen) atoms. The van der Waals surface area contributed by atoms with Crippen LogP contribution in [0.2, 0.25) is 0 Å². The normalized spacial score (nSPS) is 10.8. The first-order valence-electron chi connectivity index (χ1n) is 6.03. The zero-order chi connectivity index (χ0) is 15.0. The summed E-state index contributed by atoms with van der Waals surface area (Å²) in [6.07, 6.45) is 0. The van der Waals surface area contributed by atoms with Gasteiger partial charge in [-0.15, -0.1) is 0 Å². The molecule has 0 unspecified atom stereocenters. The first-order chi connectivity index (χ1) is 10.1. The molecule has 0 saturated carbocycles. The molecule has 6 nitrogen and oxygen atoms in total. The van der Waals surface area contributed by atoms with E-state index in [-0.39, 0.29) is 17.2 Å². The van der Waals surface area contributed by atoms with Crippen LogP contribution in [0, 0.1) is 0 Å². The molecule has 0 amide bonds. The molecule has 2 N–H and O–H groups in total. The molecule has 3 aromatic rings. The second-order valence-corrected chi connectivity index (χ2v) is 5.13. The van der Waals surface area contributed by atoms with Crippen molar-refractivity contribution < 1.29 is 9.84 Å². The number of aromatic hydroxyl groups is 1. The van der Waals surface area contributed by atoms with Crippen molar-refractivity contribution in [2.45, 2.75) is 0 Å². The number of H-pyrrole nitrogens is 1. The van der Waals surface area contributed by atoms with Crippen LogP contribution < -0.4 is 10.3 Å². The van der Waals surface area contributed by atoms with Gasteiger partial charge in [0.2, 0.25) is 0 Å². The molecule has 3 rings (SSSR count). The van der Waals surface area contributed by atoms with Crippen LogP contribution in [0.3, 0.4) is 0 Å². The zero-order valence-corrected chi connectivity index (χ0v) is 12.5. The predicted molar refractivity (Wildman–Crippen MR) is 81.5 cm³/mol. The van der Waals surface area contributed by atoms with Gasteiger partial charge in [0, 0.05) is 4.47 Å². The Morgan fingerprint density at radius 2 is 2.05 bits per heavy atom. The highest BCUT2D eigenvalue weighted by Gasteiger charge is 2.11. The van der Waals surface area contributed by atoms with Crippen LogP contribution in [-0.4, -0.2) is 27.2 Å². The number of aromatic nitrogens is 3. The maximum Gasteiger partial charge on any atom is 0.259 e. The van der Waals surface area contributed by atoms with E-state index in [0.717, 1.165) is 4.47 Å². The smallest absolute Gasteiger partial charge is 0.259 e. The van der Waals surface area contributed by atoms with Crippen LogP contribution in [0.5, 0.6) is 11.6 Å². The standard InChI is InChI=1S/C14H10BrN3O3/c1-21-14-10(19)6-5-9(16-14)12-17-11-7(13(20)18-12)3-2-4-8(11)15/h2-6,19H,1H3,(H,17,18,20). The van der Waals surface area contributed by atoms with Crippen molar-refractivity contribution in [3.63, 3.8) is 0 Å². The highest BCUT2D eigenvalue weighted by Crippen LogP contribution is 2.27. The van der Waals surface area contributed by atoms with Gasteiger partial charge in [0.1, 0.15) is 5.69 Å². The van der Waals surface area contributed by atoms with Gasteiger partial charge in [-0.25, -0.2) is 9.97 Å². The Morgan fingerprint density at radius 3 is 2.81 bits per heavy atom. The van der Waals surface area contributed by atoms with Crippen molar-refractivity contribution in [1.29, 1.82) is 0 Å².